The number of halogens is 1. The standard InChI is InChI=1S/C44H55ClN6O5SSi/c1-43(2,3)58(31-13-9-7-10-14-31,32-15-11-8-12-16-32)56-28-44(4,5)51-22-20-35-38(26-51)57-42(49-35)41(54)48-37-25-50(39(52)27-55-6)21-19-34(37)47-40(53)36-24-29-23-30(45)17-18-33(29)46-36/h7-18,23,34,36-37,46H,19-22,24-28H2,1-6H3,(H,47,53)(H,48,54)/t34-,36?,37+/m0/s1. The number of amides is 3. The minimum Gasteiger partial charge on any atom is -0.406 e. The first-order chi connectivity index (χ1) is 27.7. The Hall–Kier alpha value is -4.11. The number of methoxy groups -OCH3 is 1. The van der Waals surface area contributed by atoms with E-state index < -0.39 is 26.4 Å². The maximum Gasteiger partial charge on any atom is 0.280 e. The van der Waals surface area contributed by atoms with Gasteiger partial charge in [0, 0.05) is 67.3 Å². The predicted molar refractivity (Wildman–Crippen MR) is 233 cm³/mol. The van der Waals surface area contributed by atoms with Crippen molar-refractivity contribution >= 4 is 65.0 Å². The molecule has 3 aliphatic rings. The number of likely N-dealkylation sites (tertiary alicyclic amines) is 1. The molecule has 1 fully saturated rings. The molecular weight excluding hydrogens is 788 g/mol. The number of carbonyl (C=O) groups is 3. The van der Waals surface area contributed by atoms with Crippen molar-refractivity contribution in [3.63, 3.8) is 0 Å². The lowest BCUT2D eigenvalue weighted by atomic mass is 9.98. The van der Waals surface area contributed by atoms with Crippen LogP contribution in [0.15, 0.2) is 78.9 Å². The van der Waals surface area contributed by atoms with E-state index in [0.717, 1.165) is 28.4 Å². The number of hydrogen-bond acceptors (Lipinski definition) is 9. The maximum atomic E-state index is 14.0. The van der Waals surface area contributed by atoms with Gasteiger partial charge in [0.25, 0.3) is 14.2 Å². The van der Waals surface area contributed by atoms with Gasteiger partial charge < -0.3 is 30.0 Å². The molecule has 3 aromatic carbocycles. The van der Waals surface area contributed by atoms with Crippen LogP contribution in [0.3, 0.4) is 0 Å². The molecule has 1 aromatic heterocycles. The summed E-state index contributed by atoms with van der Waals surface area (Å²) in [5, 5.41) is 13.0. The average Bonchev–Trinajstić information content (AvgIpc) is 3.83. The van der Waals surface area contributed by atoms with E-state index in [0.29, 0.717) is 49.0 Å². The summed E-state index contributed by atoms with van der Waals surface area (Å²) in [6.07, 6.45) is 1.70. The van der Waals surface area contributed by atoms with Crippen molar-refractivity contribution in [1.82, 2.24) is 25.4 Å². The van der Waals surface area contributed by atoms with Crippen molar-refractivity contribution in [2.45, 2.75) is 89.1 Å². The van der Waals surface area contributed by atoms with Crippen LogP contribution >= 0.6 is 22.9 Å². The third-order valence-corrected chi connectivity index (χ3v) is 18.2. The number of ether oxygens (including phenoxy) is 1. The molecule has 11 nitrogen and oxygen atoms in total. The van der Waals surface area contributed by atoms with Gasteiger partial charge in [0.15, 0.2) is 5.01 Å². The van der Waals surface area contributed by atoms with E-state index in [1.54, 1.807) is 11.0 Å². The molecule has 3 N–H and O–H groups in total. The number of carbonyl (C=O) groups excluding carboxylic acids is 3. The van der Waals surface area contributed by atoms with Gasteiger partial charge in [0.2, 0.25) is 11.8 Å². The van der Waals surface area contributed by atoms with Crippen LogP contribution in [0.25, 0.3) is 0 Å². The molecule has 4 aromatic rings. The Labute approximate surface area is 352 Å². The zero-order valence-corrected chi connectivity index (χ0v) is 36.8. The van der Waals surface area contributed by atoms with Gasteiger partial charge in [-0.2, -0.15) is 0 Å². The predicted octanol–water partition coefficient (Wildman–Crippen LogP) is 5.01. The molecule has 0 spiro atoms. The molecule has 1 saturated heterocycles. The Morgan fingerprint density at radius 1 is 0.948 bits per heavy atom. The first-order valence-electron chi connectivity index (χ1n) is 20.1. The number of hydrogen-bond donors (Lipinski definition) is 3. The SMILES string of the molecule is COCC(=O)N1CC[C@H](NC(=O)C2Cc3cc(Cl)ccc3N2)[C@H](NC(=O)c2nc3c(s2)CN(C(C)(C)CO[Si](c2ccccc2)(c2ccccc2)C(C)(C)C)CC3)C1. The zero-order valence-electron chi connectivity index (χ0n) is 34.3. The monoisotopic (exact) mass is 842 g/mol. The molecule has 4 heterocycles. The molecule has 3 atom stereocenters. The van der Waals surface area contributed by atoms with Crippen LogP contribution in [0, 0.1) is 0 Å². The van der Waals surface area contributed by atoms with Crippen LogP contribution in [0.2, 0.25) is 10.1 Å². The van der Waals surface area contributed by atoms with E-state index in [2.05, 4.69) is 116 Å². The van der Waals surface area contributed by atoms with Crippen LogP contribution in [-0.4, -0.2) is 104 Å². The van der Waals surface area contributed by atoms with E-state index >= 15 is 0 Å². The summed E-state index contributed by atoms with van der Waals surface area (Å²) >= 11 is 7.62. The second-order valence-corrected chi connectivity index (χ2v) is 23.1. The highest BCUT2D eigenvalue weighted by Gasteiger charge is 2.51. The Bertz CT molecular complexity index is 2070. The summed E-state index contributed by atoms with van der Waals surface area (Å²) in [4.78, 5) is 50.5. The summed E-state index contributed by atoms with van der Waals surface area (Å²) in [7, 11) is -1.25. The fourth-order valence-electron chi connectivity index (χ4n) is 8.66. The molecule has 0 bridgehead atoms. The second-order valence-electron chi connectivity index (χ2n) is 17.3. The van der Waals surface area contributed by atoms with Crippen LogP contribution in [0.5, 0.6) is 0 Å². The van der Waals surface area contributed by atoms with Gasteiger partial charge in [-0.15, -0.1) is 11.3 Å². The number of fused-ring (bicyclic) bond motifs is 2. The quantitative estimate of drug-likeness (QED) is 0.170. The van der Waals surface area contributed by atoms with Crippen LogP contribution < -0.4 is 26.3 Å². The normalized spacial score (nSPS) is 19.8. The number of piperidine rings is 1. The second kappa shape index (κ2) is 17.2. The van der Waals surface area contributed by atoms with E-state index in [9.17, 15) is 14.4 Å². The van der Waals surface area contributed by atoms with Gasteiger partial charge in [-0.25, -0.2) is 4.98 Å². The van der Waals surface area contributed by atoms with Gasteiger partial charge in [-0.3, -0.25) is 19.3 Å². The maximum absolute atomic E-state index is 14.0. The number of benzene rings is 3. The molecule has 308 valence electrons. The van der Waals surface area contributed by atoms with Gasteiger partial charge in [0.1, 0.15) is 12.6 Å². The fourth-order valence-corrected chi connectivity index (χ4v) is 14.6. The molecule has 0 saturated carbocycles. The highest BCUT2D eigenvalue weighted by molar-refractivity contribution is 7.13. The lowest BCUT2D eigenvalue weighted by molar-refractivity contribution is -0.136. The molecule has 7 rings (SSSR count). The highest BCUT2D eigenvalue weighted by Crippen LogP contribution is 2.38. The Morgan fingerprint density at radius 2 is 1.64 bits per heavy atom. The van der Waals surface area contributed by atoms with Gasteiger partial charge in [-0.1, -0.05) is 93.0 Å². The smallest absolute Gasteiger partial charge is 0.280 e. The van der Waals surface area contributed by atoms with Crippen molar-refractivity contribution in [1.29, 1.82) is 0 Å². The summed E-state index contributed by atoms with van der Waals surface area (Å²) in [5.74, 6) is -0.645. The van der Waals surface area contributed by atoms with Gasteiger partial charge in [-0.05, 0) is 59.4 Å². The summed E-state index contributed by atoms with van der Waals surface area (Å²) in [6, 6.07) is 25.6. The third-order valence-electron chi connectivity index (χ3n) is 11.9. The third kappa shape index (κ3) is 8.75. The number of thiazole rings is 1. The Balaban J connectivity index is 1.04. The van der Waals surface area contributed by atoms with Crippen molar-refractivity contribution in [2.24, 2.45) is 0 Å². The molecule has 3 aliphatic heterocycles. The molecule has 1 unspecified atom stereocenters. The summed E-state index contributed by atoms with van der Waals surface area (Å²) < 4.78 is 12.5. The lowest BCUT2D eigenvalue weighted by Gasteiger charge is -2.47. The van der Waals surface area contributed by atoms with Crippen molar-refractivity contribution in [3.8, 4) is 0 Å². The molecule has 58 heavy (non-hydrogen) atoms. The van der Waals surface area contributed by atoms with Crippen molar-refractivity contribution in [3.05, 3.63) is 105 Å². The first-order valence-corrected chi connectivity index (χ1v) is 23.2. The average molecular weight is 844 g/mol. The highest BCUT2D eigenvalue weighted by atomic mass is 35.5. The van der Waals surface area contributed by atoms with Crippen LogP contribution in [0.1, 0.15) is 67.0 Å². The molecule has 0 aliphatic carbocycles. The fraction of sp³-hybridized carbons (Fsp3) is 0.455. The number of aromatic nitrogens is 1. The summed E-state index contributed by atoms with van der Waals surface area (Å²) in [6.45, 7) is 14.0. The van der Waals surface area contributed by atoms with Crippen molar-refractivity contribution < 1.29 is 23.5 Å². The number of nitrogens with zero attached hydrogens (tertiary/aromatic N) is 3. The number of anilines is 1. The number of nitrogens with one attached hydrogen (secondary N) is 3. The topological polar surface area (TPSA) is 125 Å². The molecule has 14 heteroatoms. The Kier molecular flexibility index (Phi) is 12.5. The molecule has 3 amide bonds. The molecular formula is C44H55ClN6O5SSi. The van der Waals surface area contributed by atoms with E-state index in [1.807, 2.05) is 12.1 Å². The Morgan fingerprint density at radius 3 is 2.29 bits per heavy atom. The molecule has 0 radical (unpaired) electrons. The summed E-state index contributed by atoms with van der Waals surface area (Å²) in [5.41, 5.74) is 2.49. The van der Waals surface area contributed by atoms with Gasteiger partial charge >= 0.3 is 0 Å². The number of rotatable bonds is 12. The van der Waals surface area contributed by atoms with E-state index in [4.69, 9.17) is 25.7 Å². The van der Waals surface area contributed by atoms with E-state index in [-0.39, 0.29) is 41.5 Å². The lowest BCUT2D eigenvalue weighted by Crippen LogP contribution is -2.68. The van der Waals surface area contributed by atoms with Crippen LogP contribution in [0.4, 0.5) is 5.69 Å². The first kappa shape index (κ1) is 42.0. The van der Waals surface area contributed by atoms with E-state index in [1.165, 1.54) is 28.8 Å². The van der Waals surface area contributed by atoms with Crippen molar-refractivity contribution in [2.75, 3.05) is 45.3 Å². The minimum atomic E-state index is -2.74. The zero-order chi connectivity index (χ0) is 41.2. The largest absolute Gasteiger partial charge is 0.406 e. The van der Waals surface area contributed by atoms with Gasteiger partial charge in [0.05, 0.1) is 24.4 Å². The minimum absolute atomic E-state index is 0.0561. The van der Waals surface area contributed by atoms with Crippen LogP contribution in [-0.2, 0) is 38.1 Å².